The molecule has 6 rings (SSSR count). The summed E-state index contributed by atoms with van der Waals surface area (Å²) >= 11 is 12.5. The molecule has 2 aliphatic rings. The average Bonchev–Trinajstić information content (AvgIpc) is 3.22. The smallest absolute Gasteiger partial charge is 0.342 e. The predicted octanol–water partition coefficient (Wildman–Crippen LogP) is 8.15. The SMILES string of the molecule is CCN(CC)c1ccc(Nc2ccc(Cl)c(Cl)c2)c2c1C(=O)OC21c2ccccc2Oc2ccccc21. The van der Waals surface area contributed by atoms with Gasteiger partial charge in [-0.25, -0.2) is 4.79 Å². The Labute approximate surface area is 225 Å². The van der Waals surface area contributed by atoms with Crippen LogP contribution in [0.1, 0.15) is 40.9 Å². The van der Waals surface area contributed by atoms with Crippen LogP contribution in [0.25, 0.3) is 0 Å². The van der Waals surface area contributed by atoms with E-state index in [0.717, 1.165) is 46.8 Å². The number of carbonyl (C=O) groups is 1. The van der Waals surface area contributed by atoms with E-state index in [0.29, 0.717) is 27.1 Å². The van der Waals surface area contributed by atoms with E-state index in [1.165, 1.54) is 0 Å². The van der Waals surface area contributed by atoms with Crippen LogP contribution in [0.5, 0.6) is 11.5 Å². The van der Waals surface area contributed by atoms with Crippen LogP contribution in [0.15, 0.2) is 78.9 Å². The third-order valence-electron chi connectivity index (χ3n) is 7.04. The Kier molecular flexibility index (Phi) is 5.78. The summed E-state index contributed by atoms with van der Waals surface area (Å²) in [6, 6.07) is 24.8. The van der Waals surface area contributed by atoms with Gasteiger partial charge >= 0.3 is 5.97 Å². The van der Waals surface area contributed by atoms with Crippen LogP contribution in [-0.2, 0) is 10.3 Å². The number of anilines is 3. The zero-order valence-electron chi connectivity index (χ0n) is 20.3. The first-order valence-electron chi connectivity index (χ1n) is 12.2. The van der Waals surface area contributed by atoms with Crippen molar-refractivity contribution in [2.24, 2.45) is 0 Å². The number of carbonyl (C=O) groups excluding carboxylic acids is 1. The van der Waals surface area contributed by atoms with Gasteiger partial charge in [-0.15, -0.1) is 0 Å². The highest BCUT2D eigenvalue weighted by molar-refractivity contribution is 6.42. The minimum absolute atomic E-state index is 0.374. The minimum Gasteiger partial charge on any atom is -0.456 e. The molecule has 186 valence electrons. The molecule has 7 heteroatoms. The summed E-state index contributed by atoms with van der Waals surface area (Å²) in [5, 5.41) is 4.40. The molecule has 1 N–H and O–H groups in total. The van der Waals surface area contributed by atoms with Gasteiger partial charge in [0.1, 0.15) is 11.5 Å². The average molecular weight is 531 g/mol. The minimum atomic E-state index is -1.19. The van der Waals surface area contributed by atoms with E-state index in [1.807, 2.05) is 66.7 Å². The zero-order valence-corrected chi connectivity index (χ0v) is 21.9. The molecule has 0 radical (unpaired) electrons. The van der Waals surface area contributed by atoms with Crippen molar-refractivity contribution >= 4 is 46.2 Å². The highest BCUT2D eigenvalue weighted by atomic mass is 35.5. The number of para-hydroxylation sites is 2. The maximum absolute atomic E-state index is 13.9. The highest BCUT2D eigenvalue weighted by Crippen LogP contribution is 2.59. The molecule has 0 fully saturated rings. The second-order valence-electron chi connectivity index (χ2n) is 8.97. The lowest BCUT2D eigenvalue weighted by Crippen LogP contribution is -2.33. The Morgan fingerprint density at radius 1 is 0.838 bits per heavy atom. The molecule has 4 aromatic carbocycles. The van der Waals surface area contributed by atoms with Crippen LogP contribution >= 0.6 is 23.2 Å². The Morgan fingerprint density at radius 2 is 1.49 bits per heavy atom. The van der Waals surface area contributed by atoms with Gasteiger partial charge in [0.05, 0.1) is 21.3 Å². The van der Waals surface area contributed by atoms with Crippen LogP contribution in [0.4, 0.5) is 17.1 Å². The summed E-state index contributed by atoms with van der Waals surface area (Å²) in [5.74, 6) is 0.923. The number of halogens is 2. The summed E-state index contributed by atoms with van der Waals surface area (Å²) in [6.07, 6.45) is 0. The molecule has 0 atom stereocenters. The Hall–Kier alpha value is -3.67. The fourth-order valence-corrected chi connectivity index (χ4v) is 5.70. The number of nitrogens with zero attached hydrogens (tertiary/aromatic N) is 1. The number of esters is 1. The van der Waals surface area contributed by atoms with Crippen molar-refractivity contribution in [2.75, 3.05) is 23.3 Å². The van der Waals surface area contributed by atoms with E-state index in [9.17, 15) is 4.79 Å². The fourth-order valence-electron chi connectivity index (χ4n) is 5.40. The molecule has 1 spiro atoms. The lowest BCUT2D eigenvalue weighted by atomic mass is 9.76. The van der Waals surface area contributed by atoms with Gasteiger partial charge in [-0.1, -0.05) is 59.6 Å². The van der Waals surface area contributed by atoms with Gasteiger partial charge < -0.3 is 19.7 Å². The third kappa shape index (κ3) is 3.57. The molecule has 0 aromatic heterocycles. The molecule has 2 aliphatic heterocycles. The summed E-state index contributed by atoms with van der Waals surface area (Å²) in [4.78, 5) is 16.0. The van der Waals surface area contributed by atoms with E-state index < -0.39 is 5.60 Å². The summed E-state index contributed by atoms with van der Waals surface area (Å²) in [5.41, 5.74) is 3.96. The molecular weight excluding hydrogens is 507 g/mol. The molecule has 37 heavy (non-hydrogen) atoms. The summed E-state index contributed by atoms with van der Waals surface area (Å²) < 4.78 is 12.7. The fraction of sp³-hybridized carbons (Fsp3) is 0.167. The topological polar surface area (TPSA) is 50.8 Å². The summed E-state index contributed by atoms with van der Waals surface area (Å²) in [7, 11) is 0. The van der Waals surface area contributed by atoms with Crippen LogP contribution in [0.2, 0.25) is 10.0 Å². The number of rotatable bonds is 5. The predicted molar refractivity (Wildman–Crippen MR) is 148 cm³/mol. The number of fused-ring (bicyclic) bond motifs is 6. The Bertz CT molecular complexity index is 1500. The van der Waals surface area contributed by atoms with Crippen molar-refractivity contribution in [3.63, 3.8) is 0 Å². The molecule has 0 amide bonds. The monoisotopic (exact) mass is 530 g/mol. The molecule has 4 aromatic rings. The van der Waals surface area contributed by atoms with E-state index in [2.05, 4.69) is 24.1 Å². The van der Waals surface area contributed by atoms with Gasteiger partial charge in [0.2, 0.25) is 0 Å². The van der Waals surface area contributed by atoms with Gasteiger partial charge in [-0.3, -0.25) is 0 Å². The lowest BCUT2D eigenvalue weighted by Gasteiger charge is -2.37. The first-order valence-corrected chi connectivity index (χ1v) is 13.0. The van der Waals surface area contributed by atoms with E-state index >= 15 is 0 Å². The van der Waals surface area contributed by atoms with Gasteiger partial charge in [0.25, 0.3) is 0 Å². The van der Waals surface area contributed by atoms with Crippen LogP contribution in [-0.4, -0.2) is 19.1 Å². The number of ether oxygens (including phenoxy) is 2. The Morgan fingerprint density at radius 3 is 2.11 bits per heavy atom. The molecular formula is C30H24Cl2N2O3. The van der Waals surface area contributed by atoms with Crippen LogP contribution in [0, 0.1) is 0 Å². The quantitative estimate of drug-likeness (QED) is 0.264. The van der Waals surface area contributed by atoms with Crippen molar-refractivity contribution in [3.8, 4) is 11.5 Å². The van der Waals surface area contributed by atoms with Crippen molar-refractivity contribution in [3.05, 3.63) is 111 Å². The number of benzene rings is 4. The molecule has 0 saturated carbocycles. The highest BCUT2D eigenvalue weighted by Gasteiger charge is 2.55. The van der Waals surface area contributed by atoms with Crippen LogP contribution in [0.3, 0.4) is 0 Å². The van der Waals surface area contributed by atoms with Crippen LogP contribution < -0.4 is 15.0 Å². The molecule has 2 heterocycles. The van der Waals surface area contributed by atoms with Crippen molar-refractivity contribution in [1.82, 2.24) is 0 Å². The van der Waals surface area contributed by atoms with Crippen molar-refractivity contribution in [2.45, 2.75) is 19.4 Å². The maximum atomic E-state index is 13.9. The maximum Gasteiger partial charge on any atom is 0.342 e. The number of nitrogens with one attached hydrogen (secondary N) is 1. The lowest BCUT2D eigenvalue weighted by molar-refractivity contribution is 0.0226. The first-order chi connectivity index (χ1) is 18.0. The van der Waals surface area contributed by atoms with Gasteiger partial charge in [-0.2, -0.15) is 0 Å². The van der Waals surface area contributed by atoms with Gasteiger partial charge in [0, 0.05) is 41.2 Å². The largest absolute Gasteiger partial charge is 0.456 e. The molecule has 0 saturated heterocycles. The number of hydrogen-bond acceptors (Lipinski definition) is 5. The van der Waals surface area contributed by atoms with E-state index in [4.69, 9.17) is 32.7 Å². The van der Waals surface area contributed by atoms with Gasteiger partial charge in [0.15, 0.2) is 5.60 Å². The van der Waals surface area contributed by atoms with E-state index in [1.54, 1.807) is 12.1 Å². The van der Waals surface area contributed by atoms with E-state index in [-0.39, 0.29) is 5.97 Å². The molecule has 5 nitrogen and oxygen atoms in total. The third-order valence-corrected chi connectivity index (χ3v) is 7.78. The second-order valence-corrected chi connectivity index (χ2v) is 9.79. The second kappa shape index (κ2) is 9.02. The normalized spacial score (nSPS) is 14.3. The van der Waals surface area contributed by atoms with Crippen molar-refractivity contribution in [1.29, 1.82) is 0 Å². The number of hydrogen-bond donors (Lipinski definition) is 1. The standard InChI is InChI=1S/C30H24Cl2N2O3/c1-3-34(4-2)24-16-15-23(33-18-13-14-21(31)22(32)17-18)28-27(24)29(35)37-30(28)19-9-5-7-11-25(19)36-26-12-8-6-10-20(26)30/h5-17,33H,3-4H2,1-2H3. The Balaban J connectivity index is 1.68. The molecule has 0 aliphatic carbocycles. The van der Waals surface area contributed by atoms with Crippen molar-refractivity contribution < 1.29 is 14.3 Å². The summed E-state index contributed by atoms with van der Waals surface area (Å²) in [6.45, 7) is 5.65. The first kappa shape index (κ1) is 23.7. The zero-order chi connectivity index (χ0) is 25.7. The molecule has 0 unspecified atom stereocenters. The van der Waals surface area contributed by atoms with Gasteiger partial charge in [-0.05, 0) is 56.3 Å². The molecule has 0 bridgehead atoms.